The maximum Gasteiger partial charge on any atom is 0.247 e. The Balaban J connectivity index is 1.68. The molecule has 0 bridgehead atoms. The standard InChI is InChI=1S/C21H13N3O3S/c25-20(18-4-2-8-28-18)19-15-9-13(17-3-1-7-27-17)5-6-16(15)24(21(19)26)14-10-22-12-23-11-14/h1-12,19H. The summed E-state index contributed by atoms with van der Waals surface area (Å²) in [5.74, 6) is -0.750. The van der Waals surface area contributed by atoms with Gasteiger partial charge >= 0.3 is 0 Å². The molecule has 28 heavy (non-hydrogen) atoms. The van der Waals surface area contributed by atoms with Crippen molar-refractivity contribution in [2.75, 3.05) is 4.90 Å². The lowest BCUT2D eigenvalue weighted by Crippen LogP contribution is -2.27. The van der Waals surface area contributed by atoms with E-state index in [2.05, 4.69) is 9.97 Å². The minimum absolute atomic E-state index is 0.211. The van der Waals surface area contributed by atoms with Crippen molar-refractivity contribution >= 4 is 34.4 Å². The first-order chi connectivity index (χ1) is 13.7. The number of amides is 1. The third kappa shape index (κ3) is 2.56. The maximum atomic E-state index is 13.3. The van der Waals surface area contributed by atoms with Crippen LogP contribution >= 0.6 is 11.3 Å². The summed E-state index contributed by atoms with van der Waals surface area (Å²) >= 11 is 1.33. The Kier molecular flexibility index (Phi) is 3.87. The fourth-order valence-electron chi connectivity index (χ4n) is 3.45. The lowest BCUT2D eigenvalue weighted by molar-refractivity contribution is -0.117. The third-order valence-electron chi connectivity index (χ3n) is 4.68. The number of ketones is 1. The highest BCUT2D eigenvalue weighted by molar-refractivity contribution is 7.12. The van der Waals surface area contributed by atoms with Crippen molar-refractivity contribution in [1.82, 2.24) is 9.97 Å². The number of Topliss-reactive ketones (excluding diaryl/α,β-unsaturated/α-hetero) is 1. The monoisotopic (exact) mass is 387 g/mol. The molecule has 1 atom stereocenters. The molecule has 0 aliphatic carbocycles. The topological polar surface area (TPSA) is 76.3 Å². The quantitative estimate of drug-likeness (QED) is 0.382. The van der Waals surface area contributed by atoms with Crippen LogP contribution in [0.1, 0.15) is 21.2 Å². The molecule has 1 aliphatic rings. The molecule has 0 radical (unpaired) electrons. The second-order valence-electron chi connectivity index (χ2n) is 6.30. The molecule has 5 rings (SSSR count). The van der Waals surface area contributed by atoms with Gasteiger partial charge in [-0.15, -0.1) is 11.3 Å². The number of fused-ring (bicyclic) bond motifs is 1. The highest BCUT2D eigenvalue weighted by Gasteiger charge is 2.43. The predicted octanol–water partition coefficient (Wildman–Crippen LogP) is 4.44. The van der Waals surface area contributed by atoms with Crippen molar-refractivity contribution in [3.63, 3.8) is 0 Å². The molecule has 136 valence electrons. The molecule has 0 saturated carbocycles. The van der Waals surface area contributed by atoms with Gasteiger partial charge in [0.2, 0.25) is 5.91 Å². The molecule has 0 fully saturated rings. The van der Waals surface area contributed by atoms with Gasteiger partial charge in [-0.25, -0.2) is 9.97 Å². The van der Waals surface area contributed by atoms with Gasteiger partial charge in [0.15, 0.2) is 5.78 Å². The normalized spacial score (nSPS) is 15.6. The Hall–Kier alpha value is -3.58. The van der Waals surface area contributed by atoms with E-state index >= 15 is 0 Å². The smallest absolute Gasteiger partial charge is 0.247 e. The van der Waals surface area contributed by atoms with E-state index in [1.807, 2.05) is 29.6 Å². The number of carbonyl (C=O) groups is 2. The molecule has 1 unspecified atom stereocenters. The first-order valence-corrected chi connectivity index (χ1v) is 9.46. The highest BCUT2D eigenvalue weighted by atomic mass is 32.1. The molecule has 4 aromatic rings. The van der Waals surface area contributed by atoms with Gasteiger partial charge in [0.25, 0.3) is 0 Å². The highest BCUT2D eigenvalue weighted by Crippen LogP contribution is 2.44. The van der Waals surface area contributed by atoms with Crippen molar-refractivity contribution in [2.45, 2.75) is 5.92 Å². The number of hydrogen-bond acceptors (Lipinski definition) is 6. The van der Waals surface area contributed by atoms with Gasteiger partial charge in [-0.2, -0.15) is 0 Å². The molecule has 7 heteroatoms. The van der Waals surface area contributed by atoms with E-state index in [-0.39, 0.29) is 11.7 Å². The number of anilines is 2. The van der Waals surface area contributed by atoms with Crippen molar-refractivity contribution in [3.05, 3.63) is 83.3 Å². The molecule has 0 spiro atoms. The first kappa shape index (κ1) is 16.6. The van der Waals surface area contributed by atoms with Crippen LogP contribution in [0.15, 0.2) is 77.2 Å². The van der Waals surface area contributed by atoms with Crippen molar-refractivity contribution in [3.8, 4) is 11.3 Å². The minimum atomic E-state index is -0.913. The number of furan rings is 1. The van der Waals surface area contributed by atoms with E-state index in [4.69, 9.17) is 4.42 Å². The summed E-state index contributed by atoms with van der Waals surface area (Å²) in [5.41, 5.74) is 2.65. The third-order valence-corrected chi connectivity index (χ3v) is 5.57. The Morgan fingerprint density at radius 3 is 2.68 bits per heavy atom. The Bertz CT molecular complexity index is 1160. The van der Waals surface area contributed by atoms with Crippen LogP contribution in [0.5, 0.6) is 0 Å². The SMILES string of the molecule is O=C(c1cccs1)C1C(=O)N(c2cncnc2)c2ccc(-c3ccco3)cc21. The lowest BCUT2D eigenvalue weighted by atomic mass is 9.93. The number of carbonyl (C=O) groups excluding carboxylic acids is 2. The van der Waals surface area contributed by atoms with Crippen LogP contribution in [0, 0.1) is 0 Å². The molecule has 1 aliphatic heterocycles. The molecular weight excluding hydrogens is 374 g/mol. The summed E-state index contributed by atoms with van der Waals surface area (Å²) in [5, 5.41) is 1.83. The molecule has 6 nitrogen and oxygen atoms in total. The minimum Gasteiger partial charge on any atom is -0.464 e. The molecule has 4 heterocycles. The summed E-state index contributed by atoms with van der Waals surface area (Å²) in [7, 11) is 0. The van der Waals surface area contributed by atoms with Crippen LogP contribution in [-0.2, 0) is 4.79 Å². The predicted molar refractivity (Wildman–Crippen MR) is 105 cm³/mol. The summed E-state index contributed by atoms with van der Waals surface area (Å²) in [6.07, 6.45) is 6.12. The Morgan fingerprint density at radius 2 is 1.96 bits per heavy atom. The van der Waals surface area contributed by atoms with Crippen molar-refractivity contribution < 1.29 is 14.0 Å². The molecule has 1 amide bonds. The second-order valence-corrected chi connectivity index (χ2v) is 7.24. The molecule has 3 aromatic heterocycles. The fourth-order valence-corrected chi connectivity index (χ4v) is 4.15. The number of aromatic nitrogens is 2. The number of rotatable bonds is 4. The van der Waals surface area contributed by atoms with Crippen LogP contribution in [0.4, 0.5) is 11.4 Å². The summed E-state index contributed by atoms with van der Waals surface area (Å²) < 4.78 is 5.48. The maximum absolute atomic E-state index is 13.3. The van der Waals surface area contributed by atoms with Gasteiger partial charge in [-0.3, -0.25) is 14.5 Å². The second kappa shape index (κ2) is 6.54. The summed E-state index contributed by atoms with van der Waals surface area (Å²) in [6.45, 7) is 0. The summed E-state index contributed by atoms with van der Waals surface area (Å²) in [6, 6.07) is 12.8. The van der Waals surface area contributed by atoms with E-state index in [0.717, 1.165) is 5.56 Å². The van der Waals surface area contributed by atoms with Crippen LogP contribution in [-0.4, -0.2) is 21.7 Å². The van der Waals surface area contributed by atoms with Gasteiger partial charge in [0, 0.05) is 5.56 Å². The molecule has 0 saturated heterocycles. The van der Waals surface area contributed by atoms with Crippen LogP contribution in [0.3, 0.4) is 0 Å². The van der Waals surface area contributed by atoms with E-state index in [9.17, 15) is 9.59 Å². The van der Waals surface area contributed by atoms with Gasteiger partial charge in [-0.1, -0.05) is 6.07 Å². The molecule has 1 aromatic carbocycles. The zero-order valence-electron chi connectivity index (χ0n) is 14.5. The average Bonchev–Trinajstić information content (AvgIpc) is 3.47. The van der Waals surface area contributed by atoms with Gasteiger partial charge in [-0.05, 0) is 47.3 Å². The van der Waals surface area contributed by atoms with E-state index in [1.165, 1.54) is 22.6 Å². The fraction of sp³-hybridized carbons (Fsp3) is 0.0476. The van der Waals surface area contributed by atoms with Gasteiger partial charge in [0.05, 0.1) is 34.9 Å². The van der Waals surface area contributed by atoms with E-state index < -0.39 is 5.92 Å². The molecular formula is C21H13N3O3S. The van der Waals surface area contributed by atoms with E-state index in [1.54, 1.807) is 36.9 Å². The Morgan fingerprint density at radius 1 is 1.11 bits per heavy atom. The first-order valence-electron chi connectivity index (χ1n) is 8.58. The Labute approximate surface area is 164 Å². The number of hydrogen-bond donors (Lipinski definition) is 0. The number of benzene rings is 1. The van der Waals surface area contributed by atoms with Gasteiger partial charge < -0.3 is 4.42 Å². The largest absolute Gasteiger partial charge is 0.464 e. The van der Waals surface area contributed by atoms with Crippen LogP contribution < -0.4 is 4.90 Å². The van der Waals surface area contributed by atoms with Crippen LogP contribution in [0.25, 0.3) is 11.3 Å². The van der Waals surface area contributed by atoms with Crippen molar-refractivity contribution in [1.29, 1.82) is 0 Å². The van der Waals surface area contributed by atoms with Crippen molar-refractivity contribution in [2.24, 2.45) is 0 Å². The zero-order chi connectivity index (χ0) is 19.1. The number of thiophene rings is 1. The molecule has 0 N–H and O–H groups in total. The summed E-state index contributed by atoms with van der Waals surface area (Å²) in [4.78, 5) is 36.6. The lowest BCUT2D eigenvalue weighted by Gasteiger charge is -2.17. The number of nitrogens with zero attached hydrogens (tertiary/aromatic N) is 3. The van der Waals surface area contributed by atoms with Crippen LogP contribution in [0.2, 0.25) is 0 Å². The van der Waals surface area contributed by atoms with Gasteiger partial charge in [0.1, 0.15) is 18.0 Å². The zero-order valence-corrected chi connectivity index (χ0v) is 15.3. The van der Waals surface area contributed by atoms with E-state index in [0.29, 0.717) is 27.6 Å². The average molecular weight is 387 g/mol.